The number of carbonyl (C=O) groups is 4. The number of benzene rings is 4. The van der Waals surface area contributed by atoms with Gasteiger partial charge in [0.25, 0.3) is 0 Å². The standard InChI is InChI=1S/C40H40N2O14S4/c1-27-5-13-31(14-6-27)57(47,48)39(58(49,50)32-15-7-28(2)8-16-32)23-35(43)37(45)25-55-41-21-22-42-56-26-38(46)36(44)24-40(59(51,52)33-17-9-29(3)10-18-33)60(53,54)34-19-11-30(4)12-20-34/h5-22,39-40H,23-26H2,1-4H3/b41-21+,42-22+. The summed E-state index contributed by atoms with van der Waals surface area (Å²) in [7, 11) is -18.9. The molecule has 0 aliphatic carbocycles. The summed E-state index contributed by atoms with van der Waals surface area (Å²) < 4.78 is 104. The first-order valence-electron chi connectivity index (χ1n) is 17.7. The van der Waals surface area contributed by atoms with Gasteiger partial charge < -0.3 is 9.68 Å². The van der Waals surface area contributed by atoms with Crippen LogP contribution in [0.3, 0.4) is 0 Å². The summed E-state index contributed by atoms with van der Waals surface area (Å²) in [5, 5.41) is 6.69. The van der Waals surface area contributed by atoms with Crippen molar-refractivity contribution in [2.45, 2.75) is 69.3 Å². The molecule has 0 saturated carbocycles. The van der Waals surface area contributed by atoms with Gasteiger partial charge in [-0.1, -0.05) is 81.1 Å². The molecule has 0 radical (unpaired) electrons. The van der Waals surface area contributed by atoms with Gasteiger partial charge >= 0.3 is 0 Å². The summed E-state index contributed by atoms with van der Waals surface area (Å²) >= 11 is 0. The Hall–Kier alpha value is -5.70. The lowest BCUT2D eigenvalue weighted by Gasteiger charge is -2.18. The third-order valence-electron chi connectivity index (χ3n) is 8.84. The molecule has 20 heteroatoms. The number of sulfone groups is 4. The smallest absolute Gasteiger partial charge is 0.238 e. The van der Waals surface area contributed by atoms with E-state index in [1.165, 1.54) is 97.1 Å². The third-order valence-corrected chi connectivity index (χ3v) is 19.0. The minimum Gasteiger partial charge on any atom is -0.387 e. The van der Waals surface area contributed by atoms with E-state index in [1.54, 1.807) is 27.7 Å². The molecule has 4 aromatic carbocycles. The number of hydrogen-bond donors (Lipinski definition) is 0. The van der Waals surface area contributed by atoms with Gasteiger partial charge in [-0.2, -0.15) is 0 Å². The van der Waals surface area contributed by atoms with E-state index in [9.17, 15) is 52.8 Å². The molecule has 0 unspecified atom stereocenters. The Morgan fingerprint density at radius 3 is 0.850 bits per heavy atom. The average molecular weight is 901 g/mol. The fourth-order valence-corrected chi connectivity index (χ4v) is 14.1. The topological polar surface area (TPSA) is 248 Å². The highest BCUT2D eigenvalue weighted by molar-refractivity contribution is 8.09. The predicted molar refractivity (Wildman–Crippen MR) is 219 cm³/mol. The molecule has 0 N–H and O–H groups in total. The summed E-state index contributed by atoms with van der Waals surface area (Å²) in [6.45, 7) is 4.71. The highest BCUT2D eigenvalue weighted by Gasteiger charge is 2.44. The largest absolute Gasteiger partial charge is 0.387 e. The minimum atomic E-state index is -4.72. The van der Waals surface area contributed by atoms with Crippen LogP contribution in [0, 0.1) is 27.7 Å². The van der Waals surface area contributed by atoms with Crippen molar-refractivity contribution in [3.63, 3.8) is 0 Å². The van der Waals surface area contributed by atoms with E-state index in [0.717, 1.165) is 12.4 Å². The molecule has 0 aromatic heterocycles. The Balaban J connectivity index is 1.36. The SMILES string of the molecule is Cc1ccc(S(=O)(=O)C(CC(=O)C(=O)CO/N=C/C=N/OCC(=O)C(=O)CC(S(=O)(=O)c2ccc(C)cc2)S(=O)(=O)c2ccc(C)cc2)S(=O)(=O)c2ccc(C)cc2)cc1. The van der Waals surface area contributed by atoms with E-state index in [2.05, 4.69) is 10.3 Å². The minimum absolute atomic E-state index is 0.372. The Labute approximate surface area is 348 Å². The van der Waals surface area contributed by atoms with Crippen LogP contribution in [0.1, 0.15) is 35.1 Å². The molecule has 60 heavy (non-hydrogen) atoms. The van der Waals surface area contributed by atoms with Crippen molar-refractivity contribution < 1.29 is 62.5 Å². The van der Waals surface area contributed by atoms with Gasteiger partial charge in [0.05, 0.1) is 32.0 Å². The maximum absolute atomic E-state index is 13.6. The molecular formula is C40H40N2O14S4. The van der Waals surface area contributed by atoms with Gasteiger partial charge in [-0.3, -0.25) is 19.2 Å². The second kappa shape index (κ2) is 19.6. The van der Waals surface area contributed by atoms with Crippen LogP contribution in [-0.2, 0) is 68.2 Å². The molecule has 4 aromatic rings. The Morgan fingerprint density at radius 2 is 0.633 bits per heavy atom. The molecule has 0 amide bonds. The highest BCUT2D eigenvalue weighted by Crippen LogP contribution is 2.30. The molecule has 16 nitrogen and oxygen atoms in total. The summed E-state index contributed by atoms with van der Waals surface area (Å²) in [5.41, 5.74) is 2.77. The third kappa shape index (κ3) is 11.5. The first kappa shape index (κ1) is 47.0. The maximum atomic E-state index is 13.6. The molecular weight excluding hydrogens is 861 g/mol. The molecule has 0 aliphatic heterocycles. The lowest BCUT2D eigenvalue weighted by atomic mass is 10.2. The van der Waals surface area contributed by atoms with Crippen molar-refractivity contribution in [1.82, 2.24) is 0 Å². The highest BCUT2D eigenvalue weighted by atomic mass is 32.3. The Bertz CT molecular complexity index is 2400. The molecule has 318 valence electrons. The zero-order chi connectivity index (χ0) is 44.5. The van der Waals surface area contributed by atoms with Crippen LogP contribution in [0.15, 0.2) is 127 Å². The van der Waals surface area contributed by atoms with Gasteiger partial charge in [-0.15, -0.1) is 0 Å². The second-order valence-electron chi connectivity index (χ2n) is 13.4. The number of oxime groups is 2. The zero-order valence-electron chi connectivity index (χ0n) is 32.6. The fourth-order valence-electron chi connectivity index (χ4n) is 5.31. The number of hydrogen-bond acceptors (Lipinski definition) is 16. The summed E-state index contributed by atoms with van der Waals surface area (Å²) in [4.78, 5) is 59.0. The van der Waals surface area contributed by atoms with Gasteiger partial charge in [0.1, 0.15) is 0 Å². The number of aryl methyl sites for hydroxylation is 4. The van der Waals surface area contributed by atoms with Crippen LogP contribution >= 0.6 is 0 Å². The van der Waals surface area contributed by atoms with Crippen molar-refractivity contribution in [2.24, 2.45) is 10.3 Å². The van der Waals surface area contributed by atoms with E-state index < -0.39 is 97.7 Å². The van der Waals surface area contributed by atoms with Crippen molar-refractivity contribution in [3.8, 4) is 0 Å². The van der Waals surface area contributed by atoms with Gasteiger partial charge in [-0.05, 0) is 76.2 Å². The normalized spacial score (nSPS) is 12.6. The van der Waals surface area contributed by atoms with E-state index in [-0.39, 0.29) is 19.6 Å². The first-order chi connectivity index (χ1) is 28.1. The van der Waals surface area contributed by atoms with E-state index in [4.69, 9.17) is 9.68 Å². The van der Waals surface area contributed by atoms with E-state index in [0.29, 0.717) is 22.3 Å². The number of nitrogens with zero attached hydrogens (tertiary/aromatic N) is 2. The van der Waals surface area contributed by atoms with Gasteiger partial charge in [0.2, 0.25) is 23.1 Å². The number of ketones is 4. The number of carbonyl (C=O) groups excluding carboxylic acids is 4. The van der Waals surface area contributed by atoms with Crippen molar-refractivity contribution in [2.75, 3.05) is 13.2 Å². The average Bonchev–Trinajstić information content (AvgIpc) is 3.19. The molecule has 0 heterocycles. The van der Waals surface area contributed by atoms with Crippen molar-refractivity contribution in [3.05, 3.63) is 119 Å². The van der Waals surface area contributed by atoms with Crippen LogP contribution in [-0.4, -0.2) is 91.6 Å². The molecule has 0 atom stereocenters. The predicted octanol–water partition coefficient (Wildman–Crippen LogP) is 3.83. The molecule has 0 spiro atoms. The van der Waals surface area contributed by atoms with Crippen LogP contribution in [0.5, 0.6) is 0 Å². The fraction of sp³-hybridized carbons (Fsp3) is 0.250. The van der Waals surface area contributed by atoms with Gasteiger partial charge in [-0.25, -0.2) is 33.7 Å². The van der Waals surface area contributed by atoms with E-state index in [1.807, 2.05) is 0 Å². The van der Waals surface area contributed by atoms with Gasteiger partial charge in [0.15, 0.2) is 61.7 Å². The molecule has 0 fully saturated rings. The zero-order valence-corrected chi connectivity index (χ0v) is 35.9. The van der Waals surface area contributed by atoms with Crippen molar-refractivity contribution in [1.29, 1.82) is 0 Å². The second-order valence-corrected chi connectivity index (χ2v) is 22.6. The lowest BCUT2D eigenvalue weighted by Crippen LogP contribution is -2.35. The maximum Gasteiger partial charge on any atom is 0.238 e. The summed E-state index contributed by atoms with van der Waals surface area (Å²) in [6.07, 6.45) is -0.877. The lowest BCUT2D eigenvalue weighted by molar-refractivity contribution is -0.139. The van der Waals surface area contributed by atoms with Crippen molar-refractivity contribution >= 4 is 74.9 Å². The quantitative estimate of drug-likeness (QED) is 0.0655. The van der Waals surface area contributed by atoms with Crippen LogP contribution in [0.4, 0.5) is 0 Å². The van der Waals surface area contributed by atoms with Crippen LogP contribution in [0.25, 0.3) is 0 Å². The molecule has 0 aliphatic rings. The molecule has 0 saturated heterocycles. The monoisotopic (exact) mass is 900 g/mol. The summed E-state index contributed by atoms with van der Waals surface area (Å²) in [6, 6.07) is 21.2. The van der Waals surface area contributed by atoms with E-state index >= 15 is 0 Å². The Kier molecular flexibility index (Phi) is 15.3. The van der Waals surface area contributed by atoms with Crippen LogP contribution in [0.2, 0.25) is 0 Å². The first-order valence-corrected chi connectivity index (χ1v) is 23.9. The van der Waals surface area contributed by atoms with Gasteiger partial charge in [0, 0.05) is 12.8 Å². The molecule has 4 rings (SSSR count). The van der Waals surface area contributed by atoms with Crippen LogP contribution < -0.4 is 0 Å². The molecule has 0 bridgehead atoms. The Morgan fingerprint density at radius 1 is 0.417 bits per heavy atom. The number of rotatable bonds is 21. The number of Topliss-reactive ketones (excluding diaryl/α,β-unsaturated/α-hetero) is 4. The summed E-state index contributed by atoms with van der Waals surface area (Å²) in [5.74, 6) is -5.36.